The van der Waals surface area contributed by atoms with E-state index >= 15 is 0 Å². The molecule has 1 atom stereocenters. The van der Waals surface area contributed by atoms with Crippen molar-refractivity contribution in [2.24, 2.45) is 7.05 Å². The van der Waals surface area contributed by atoms with Gasteiger partial charge in [0.25, 0.3) is 0 Å². The number of aromatic nitrogens is 3. The van der Waals surface area contributed by atoms with Gasteiger partial charge in [0.05, 0.1) is 11.8 Å². The monoisotopic (exact) mass is 434 g/mol. The maximum atomic E-state index is 12.7. The van der Waals surface area contributed by atoms with Crippen LogP contribution in [0.25, 0.3) is 0 Å². The Morgan fingerprint density at radius 1 is 1.03 bits per heavy atom. The Bertz CT molecular complexity index is 1080. The topological polar surface area (TPSA) is 59.8 Å². The van der Waals surface area contributed by atoms with Gasteiger partial charge in [-0.05, 0) is 22.6 Å². The van der Waals surface area contributed by atoms with Gasteiger partial charge in [-0.1, -0.05) is 78.5 Å². The molecule has 2 heterocycles. The summed E-state index contributed by atoms with van der Waals surface area (Å²) in [6.07, 6.45) is 0.714. The van der Waals surface area contributed by atoms with Crippen LogP contribution in [-0.2, 0) is 18.3 Å². The fraction of sp³-hybridized carbons (Fsp3) is 0.174. The molecule has 0 unspecified atom stereocenters. The summed E-state index contributed by atoms with van der Waals surface area (Å²) in [6.45, 7) is 0. The van der Waals surface area contributed by atoms with Crippen molar-refractivity contribution in [3.05, 3.63) is 100 Å². The third-order valence-corrected chi connectivity index (χ3v) is 6.69. The summed E-state index contributed by atoms with van der Waals surface area (Å²) in [5.74, 6) is 1.13. The summed E-state index contributed by atoms with van der Waals surface area (Å²) >= 11 is 3.04. The molecule has 0 bridgehead atoms. The molecule has 4 rings (SSSR count). The second-order valence-corrected chi connectivity index (χ2v) is 8.76. The molecule has 0 aliphatic rings. The third-order valence-electron chi connectivity index (χ3n) is 4.73. The second-order valence-electron chi connectivity index (χ2n) is 6.84. The number of nitrogens with zero attached hydrogens (tertiary/aromatic N) is 3. The van der Waals surface area contributed by atoms with Crippen LogP contribution in [0.15, 0.2) is 83.3 Å². The predicted octanol–water partition coefficient (Wildman–Crippen LogP) is 4.47. The maximum absolute atomic E-state index is 12.7. The number of carbonyl (C=O) groups excluding carboxylic acids is 1. The first kappa shape index (κ1) is 20.4. The lowest BCUT2D eigenvalue weighted by Gasteiger charge is -2.18. The lowest BCUT2D eigenvalue weighted by atomic mass is 10.1. The molecule has 30 heavy (non-hydrogen) atoms. The van der Waals surface area contributed by atoms with E-state index in [0.29, 0.717) is 6.42 Å². The van der Waals surface area contributed by atoms with Crippen molar-refractivity contribution in [1.82, 2.24) is 20.1 Å². The van der Waals surface area contributed by atoms with Crippen molar-refractivity contribution >= 4 is 29.0 Å². The normalized spacial score (nSPS) is 11.9. The lowest BCUT2D eigenvalue weighted by molar-refractivity contribution is -0.119. The Labute approximate surface area is 184 Å². The third kappa shape index (κ3) is 4.98. The van der Waals surface area contributed by atoms with E-state index in [1.54, 1.807) is 11.3 Å². The number of amides is 1. The van der Waals surface area contributed by atoms with E-state index in [2.05, 4.69) is 27.6 Å². The molecule has 4 aromatic rings. The summed E-state index contributed by atoms with van der Waals surface area (Å²) in [4.78, 5) is 13.8. The Morgan fingerprint density at radius 3 is 2.47 bits per heavy atom. The van der Waals surface area contributed by atoms with E-state index in [-0.39, 0.29) is 17.7 Å². The molecule has 2 aromatic carbocycles. The smallest absolute Gasteiger partial charge is 0.231 e. The molecule has 2 aromatic heterocycles. The Balaban J connectivity index is 1.39. The highest BCUT2D eigenvalue weighted by molar-refractivity contribution is 7.99. The zero-order chi connectivity index (χ0) is 20.8. The summed E-state index contributed by atoms with van der Waals surface area (Å²) in [5.41, 5.74) is 2.26. The minimum atomic E-state index is -0.146. The highest BCUT2D eigenvalue weighted by Crippen LogP contribution is 2.26. The summed E-state index contributed by atoms with van der Waals surface area (Å²) in [6, 6.07) is 24.1. The van der Waals surface area contributed by atoms with Crippen LogP contribution in [0.2, 0.25) is 0 Å². The average Bonchev–Trinajstić information content (AvgIpc) is 3.43. The average molecular weight is 435 g/mol. The molecule has 5 nitrogen and oxygen atoms in total. The minimum absolute atomic E-state index is 0.0325. The molecule has 0 saturated heterocycles. The van der Waals surface area contributed by atoms with E-state index in [0.717, 1.165) is 21.4 Å². The number of thiophene rings is 1. The van der Waals surface area contributed by atoms with Gasteiger partial charge in [-0.15, -0.1) is 21.5 Å². The van der Waals surface area contributed by atoms with Crippen LogP contribution in [0.5, 0.6) is 0 Å². The summed E-state index contributed by atoms with van der Waals surface area (Å²) < 4.78 is 1.96. The first-order valence-corrected chi connectivity index (χ1v) is 11.5. The zero-order valence-electron chi connectivity index (χ0n) is 16.6. The van der Waals surface area contributed by atoms with Crippen LogP contribution >= 0.6 is 23.1 Å². The number of benzene rings is 2. The summed E-state index contributed by atoms with van der Waals surface area (Å²) in [7, 11) is 1.94. The number of nitrogens with one attached hydrogen (secondary N) is 1. The van der Waals surface area contributed by atoms with E-state index in [4.69, 9.17) is 0 Å². The minimum Gasteiger partial charge on any atom is -0.344 e. The van der Waals surface area contributed by atoms with Crippen LogP contribution in [0.1, 0.15) is 27.9 Å². The molecule has 0 aliphatic carbocycles. The highest BCUT2D eigenvalue weighted by Gasteiger charge is 2.19. The Hall–Kier alpha value is -2.90. The van der Waals surface area contributed by atoms with Crippen LogP contribution in [0.3, 0.4) is 0 Å². The molecule has 0 saturated carbocycles. The Kier molecular flexibility index (Phi) is 6.61. The SMILES string of the molecule is Cn1c(Cc2ccccc2)nnc1SCC(=O)N[C@@H](c1ccccc1)c1cccs1. The first-order chi connectivity index (χ1) is 14.7. The van der Waals surface area contributed by atoms with Crippen LogP contribution < -0.4 is 5.32 Å². The van der Waals surface area contributed by atoms with Crippen LogP contribution in [0.4, 0.5) is 0 Å². The van der Waals surface area contributed by atoms with Gasteiger partial charge in [-0.3, -0.25) is 4.79 Å². The van der Waals surface area contributed by atoms with Crippen molar-refractivity contribution < 1.29 is 4.79 Å². The molecule has 152 valence electrons. The standard InChI is InChI=1S/C23H22N4OS2/c1-27-20(15-17-9-4-2-5-10-17)25-26-23(27)30-16-21(28)24-22(19-13-8-14-29-19)18-11-6-3-7-12-18/h2-14,22H,15-16H2,1H3,(H,24,28)/t22-/m0/s1. The number of thioether (sulfide) groups is 1. The fourth-order valence-corrected chi connectivity index (χ4v) is 4.70. The van der Waals surface area contributed by atoms with Gasteiger partial charge in [0.1, 0.15) is 5.82 Å². The highest BCUT2D eigenvalue weighted by atomic mass is 32.2. The molecular weight excluding hydrogens is 412 g/mol. The van der Waals surface area contributed by atoms with Crippen molar-refractivity contribution in [3.63, 3.8) is 0 Å². The van der Waals surface area contributed by atoms with Crippen LogP contribution in [-0.4, -0.2) is 26.4 Å². The molecule has 1 amide bonds. The zero-order valence-corrected chi connectivity index (χ0v) is 18.2. The van der Waals surface area contributed by atoms with Gasteiger partial charge < -0.3 is 9.88 Å². The van der Waals surface area contributed by atoms with Gasteiger partial charge in [-0.25, -0.2) is 0 Å². The second kappa shape index (κ2) is 9.73. The van der Waals surface area contributed by atoms with E-state index < -0.39 is 0 Å². The molecule has 0 fully saturated rings. The van der Waals surface area contributed by atoms with Gasteiger partial charge in [0.2, 0.25) is 5.91 Å². The molecule has 7 heteroatoms. The molecule has 1 N–H and O–H groups in total. The van der Waals surface area contributed by atoms with Gasteiger partial charge >= 0.3 is 0 Å². The van der Waals surface area contributed by atoms with E-state index in [1.165, 1.54) is 17.3 Å². The Morgan fingerprint density at radius 2 is 1.77 bits per heavy atom. The van der Waals surface area contributed by atoms with Crippen molar-refractivity contribution in [3.8, 4) is 0 Å². The van der Waals surface area contributed by atoms with Crippen molar-refractivity contribution in [1.29, 1.82) is 0 Å². The summed E-state index contributed by atoms with van der Waals surface area (Å²) in [5, 5.41) is 14.5. The quantitative estimate of drug-likeness (QED) is 0.416. The first-order valence-electron chi connectivity index (χ1n) is 9.63. The number of hydrogen-bond acceptors (Lipinski definition) is 5. The number of carbonyl (C=O) groups is 1. The largest absolute Gasteiger partial charge is 0.344 e. The lowest BCUT2D eigenvalue weighted by Crippen LogP contribution is -2.30. The maximum Gasteiger partial charge on any atom is 0.231 e. The van der Waals surface area contributed by atoms with E-state index in [9.17, 15) is 4.79 Å². The van der Waals surface area contributed by atoms with Crippen molar-refractivity contribution in [2.45, 2.75) is 17.6 Å². The van der Waals surface area contributed by atoms with Crippen LogP contribution in [0, 0.1) is 0 Å². The van der Waals surface area contributed by atoms with Crippen molar-refractivity contribution in [2.75, 3.05) is 5.75 Å². The van der Waals surface area contributed by atoms with Gasteiger partial charge in [0.15, 0.2) is 5.16 Å². The number of rotatable bonds is 8. The number of hydrogen-bond donors (Lipinski definition) is 1. The van der Waals surface area contributed by atoms with E-state index in [1.807, 2.05) is 77.7 Å². The predicted molar refractivity (Wildman–Crippen MR) is 122 cm³/mol. The fourth-order valence-electron chi connectivity index (χ4n) is 3.16. The van der Waals surface area contributed by atoms with Gasteiger partial charge in [0, 0.05) is 18.3 Å². The molecular formula is C23H22N4OS2. The molecule has 0 aliphatic heterocycles. The van der Waals surface area contributed by atoms with Gasteiger partial charge in [-0.2, -0.15) is 0 Å². The molecule has 0 radical (unpaired) electrons. The molecule has 0 spiro atoms.